The highest BCUT2D eigenvalue weighted by molar-refractivity contribution is 5.10. The van der Waals surface area contributed by atoms with E-state index in [0.29, 0.717) is 17.1 Å². The van der Waals surface area contributed by atoms with Gasteiger partial charge in [-0.25, -0.2) is 5.32 Å². The average Bonchev–Trinajstić information content (AvgIpc) is 2.22. The maximum atomic E-state index is 4.93. The van der Waals surface area contributed by atoms with Crippen molar-refractivity contribution in [1.82, 2.24) is 10.2 Å². The standard InChI is InChI=1S/C18H35N2/c1-15(2)11-9-12-16(3,4)20(15)14-10-13-19-18(7,8)17(14,5)6/h14H,9-13H2,1-8H3. The fraction of sp³-hybridized carbons (Fsp3) is 1.00. The lowest BCUT2D eigenvalue weighted by atomic mass is 9.63. The summed E-state index contributed by atoms with van der Waals surface area (Å²) < 4.78 is 0. The monoisotopic (exact) mass is 279 g/mol. The van der Waals surface area contributed by atoms with Crippen LogP contribution in [0, 0.1) is 5.41 Å². The van der Waals surface area contributed by atoms with Gasteiger partial charge in [0.15, 0.2) is 0 Å². The maximum absolute atomic E-state index is 4.93. The number of rotatable bonds is 1. The van der Waals surface area contributed by atoms with Gasteiger partial charge < -0.3 is 0 Å². The van der Waals surface area contributed by atoms with Gasteiger partial charge in [-0.15, -0.1) is 0 Å². The molecular formula is C18H35N2. The lowest BCUT2D eigenvalue weighted by Crippen LogP contribution is -2.71. The second kappa shape index (κ2) is 4.71. The highest BCUT2D eigenvalue weighted by atomic mass is 15.3. The first kappa shape index (κ1) is 16.3. The predicted octanol–water partition coefficient (Wildman–Crippen LogP) is 4.21. The van der Waals surface area contributed by atoms with E-state index >= 15 is 0 Å². The summed E-state index contributed by atoms with van der Waals surface area (Å²) in [4.78, 5) is 2.86. The minimum atomic E-state index is 0.0690. The van der Waals surface area contributed by atoms with Crippen LogP contribution in [0.15, 0.2) is 0 Å². The molecule has 0 aromatic rings. The van der Waals surface area contributed by atoms with Crippen LogP contribution in [0.25, 0.3) is 0 Å². The summed E-state index contributed by atoms with van der Waals surface area (Å²) in [6, 6.07) is 0.625. The number of hydrogen-bond acceptors (Lipinski definition) is 1. The molecule has 0 amide bonds. The topological polar surface area (TPSA) is 17.3 Å². The average molecular weight is 279 g/mol. The minimum absolute atomic E-state index is 0.0690. The Morgan fingerprint density at radius 1 is 0.850 bits per heavy atom. The summed E-state index contributed by atoms with van der Waals surface area (Å²) in [5.41, 5.74) is 0.894. The zero-order valence-corrected chi connectivity index (χ0v) is 15.0. The van der Waals surface area contributed by atoms with Gasteiger partial charge in [-0.2, -0.15) is 0 Å². The Kier molecular flexibility index (Phi) is 3.84. The predicted molar refractivity (Wildman–Crippen MR) is 87.1 cm³/mol. The summed E-state index contributed by atoms with van der Waals surface area (Å²) in [7, 11) is 0. The molecule has 0 aliphatic carbocycles. The molecular weight excluding hydrogens is 244 g/mol. The van der Waals surface area contributed by atoms with Gasteiger partial charge in [0.05, 0.1) is 0 Å². The lowest BCUT2D eigenvalue weighted by molar-refractivity contribution is -0.127. The molecule has 0 saturated carbocycles. The summed E-state index contributed by atoms with van der Waals surface area (Å²) in [6.07, 6.45) is 5.21. The fourth-order valence-corrected chi connectivity index (χ4v) is 4.75. The molecule has 2 aliphatic heterocycles. The van der Waals surface area contributed by atoms with Crippen molar-refractivity contribution in [3.63, 3.8) is 0 Å². The van der Waals surface area contributed by atoms with Gasteiger partial charge in [-0.3, -0.25) is 4.90 Å². The van der Waals surface area contributed by atoms with Crippen LogP contribution in [0.5, 0.6) is 0 Å². The van der Waals surface area contributed by atoms with E-state index in [0.717, 1.165) is 6.54 Å². The first-order chi connectivity index (χ1) is 8.92. The summed E-state index contributed by atoms with van der Waals surface area (Å²) >= 11 is 0. The van der Waals surface area contributed by atoms with Crippen molar-refractivity contribution in [2.75, 3.05) is 6.54 Å². The Morgan fingerprint density at radius 2 is 1.35 bits per heavy atom. The molecule has 1 atom stereocenters. The van der Waals surface area contributed by atoms with E-state index in [9.17, 15) is 0 Å². The van der Waals surface area contributed by atoms with E-state index in [1.165, 1.54) is 25.7 Å². The molecule has 2 rings (SSSR count). The fourth-order valence-electron chi connectivity index (χ4n) is 4.75. The Bertz CT molecular complexity index is 350. The molecule has 2 aliphatic rings. The van der Waals surface area contributed by atoms with Crippen molar-refractivity contribution in [1.29, 1.82) is 0 Å². The quantitative estimate of drug-likeness (QED) is 0.703. The number of nitrogens with zero attached hydrogens (tertiary/aromatic N) is 2. The third-order valence-electron chi connectivity index (χ3n) is 6.51. The van der Waals surface area contributed by atoms with Crippen molar-refractivity contribution < 1.29 is 0 Å². The van der Waals surface area contributed by atoms with E-state index in [2.05, 4.69) is 60.3 Å². The molecule has 2 saturated heterocycles. The van der Waals surface area contributed by atoms with Crippen molar-refractivity contribution >= 4 is 0 Å². The SMILES string of the molecule is CC1(C)CCCC(C)(C)N1C1CC[N]C(C)(C)C1(C)C. The molecule has 2 fully saturated rings. The van der Waals surface area contributed by atoms with E-state index in [-0.39, 0.29) is 11.0 Å². The van der Waals surface area contributed by atoms with Crippen molar-refractivity contribution in [2.45, 2.75) is 104 Å². The summed E-state index contributed by atoms with van der Waals surface area (Å²) in [6.45, 7) is 20.3. The highest BCUT2D eigenvalue weighted by Crippen LogP contribution is 2.49. The molecule has 0 bridgehead atoms. The van der Waals surface area contributed by atoms with Crippen LogP contribution >= 0.6 is 0 Å². The third-order valence-corrected chi connectivity index (χ3v) is 6.51. The normalized spacial score (nSPS) is 35.7. The van der Waals surface area contributed by atoms with Crippen LogP contribution < -0.4 is 5.32 Å². The number of hydrogen-bond donors (Lipinski definition) is 0. The smallest absolute Gasteiger partial charge is 0.0366 e. The molecule has 2 nitrogen and oxygen atoms in total. The van der Waals surface area contributed by atoms with Crippen LogP contribution in [0.4, 0.5) is 0 Å². The molecule has 1 unspecified atom stereocenters. The van der Waals surface area contributed by atoms with Crippen LogP contribution in [0.3, 0.4) is 0 Å². The minimum Gasteiger partial charge on any atom is -0.289 e. The van der Waals surface area contributed by atoms with Crippen molar-refractivity contribution in [3.8, 4) is 0 Å². The van der Waals surface area contributed by atoms with Gasteiger partial charge in [0, 0.05) is 29.2 Å². The van der Waals surface area contributed by atoms with Crippen LogP contribution in [0.2, 0.25) is 0 Å². The van der Waals surface area contributed by atoms with Crippen LogP contribution in [-0.4, -0.2) is 34.1 Å². The molecule has 117 valence electrons. The van der Waals surface area contributed by atoms with Gasteiger partial charge in [-0.05, 0) is 72.6 Å². The van der Waals surface area contributed by atoms with Crippen LogP contribution in [-0.2, 0) is 0 Å². The van der Waals surface area contributed by atoms with E-state index < -0.39 is 0 Å². The largest absolute Gasteiger partial charge is 0.289 e. The third kappa shape index (κ3) is 2.43. The number of likely N-dealkylation sites (tertiary alicyclic amines) is 1. The van der Waals surface area contributed by atoms with Gasteiger partial charge in [0.1, 0.15) is 0 Å². The van der Waals surface area contributed by atoms with Crippen molar-refractivity contribution in [3.05, 3.63) is 0 Å². The van der Waals surface area contributed by atoms with E-state index in [1.807, 2.05) is 0 Å². The zero-order chi connectivity index (χ0) is 15.4. The highest BCUT2D eigenvalue weighted by Gasteiger charge is 2.55. The first-order valence-electron chi connectivity index (χ1n) is 8.40. The van der Waals surface area contributed by atoms with Crippen molar-refractivity contribution in [2.24, 2.45) is 5.41 Å². The molecule has 0 N–H and O–H groups in total. The molecule has 0 aromatic heterocycles. The van der Waals surface area contributed by atoms with Gasteiger partial charge in [0.2, 0.25) is 0 Å². The zero-order valence-electron chi connectivity index (χ0n) is 15.0. The van der Waals surface area contributed by atoms with Gasteiger partial charge in [-0.1, -0.05) is 13.8 Å². The first-order valence-corrected chi connectivity index (χ1v) is 8.40. The summed E-state index contributed by atoms with van der Waals surface area (Å²) in [5.74, 6) is 0. The van der Waals surface area contributed by atoms with Crippen LogP contribution in [0.1, 0.15) is 81.1 Å². The lowest BCUT2D eigenvalue weighted by Gasteiger charge is -2.63. The molecule has 0 aromatic carbocycles. The molecule has 20 heavy (non-hydrogen) atoms. The Balaban J connectivity index is 2.41. The van der Waals surface area contributed by atoms with Gasteiger partial charge in [0.25, 0.3) is 0 Å². The Morgan fingerprint density at radius 3 is 1.85 bits per heavy atom. The second-order valence-corrected chi connectivity index (χ2v) is 9.32. The van der Waals surface area contributed by atoms with E-state index in [1.54, 1.807) is 0 Å². The summed E-state index contributed by atoms with van der Waals surface area (Å²) in [5, 5.41) is 4.93. The molecule has 1 radical (unpaired) electrons. The maximum Gasteiger partial charge on any atom is 0.0366 e. The second-order valence-electron chi connectivity index (χ2n) is 9.32. The Hall–Kier alpha value is -0.0800. The molecule has 2 heterocycles. The van der Waals surface area contributed by atoms with E-state index in [4.69, 9.17) is 5.32 Å². The van der Waals surface area contributed by atoms with Gasteiger partial charge >= 0.3 is 0 Å². The Labute approximate surface area is 126 Å². The molecule has 2 heteroatoms. The number of piperidine rings is 2. The molecule has 0 spiro atoms.